The molecule has 0 aliphatic rings. The second-order valence-electron chi connectivity index (χ2n) is 5.09. The number of aliphatic imine (C=N–C) groups is 1. The lowest BCUT2D eigenvalue weighted by Crippen LogP contribution is -2.24. The van der Waals surface area contributed by atoms with Gasteiger partial charge in [-0.15, -0.1) is 17.0 Å². The number of thioether (sulfide) groups is 1. The maximum Gasteiger partial charge on any atom is 0.265 e. The summed E-state index contributed by atoms with van der Waals surface area (Å²) in [4.78, 5) is 21.9. The number of nitrogens with one attached hydrogen (secondary N) is 1. The molecule has 0 aliphatic heterocycles. The van der Waals surface area contributed by atoms with E-state index in [1.165, 1.54) is 11.8 Å². The smallest absolute Gasteiger partial charge is 0.265 e. The Kier molecular flexibility index (Phi) is 6.78. The van der Waals surface area contributed by atoms with E-state index in [2.05, 4.69) is 10.3 Å². The summed E-state index contributed by atoms with van der Waals surface area (Å²) in [5.41, 5.74) is 1.47. The van der Waals surface area contributed by atoms with Gasteiger partial charge < -0.3 is 5.32 Å². The van der Waals surface area contributed by atoms with E-state index in [-0.39, 0.29) is 22.5 Å². The van der Waals surface area contributed by atoms with Crippen LogP contribution in [-0.4, -0.2) is 28.8 Å². The van der Waals surface area contributed by atoms with Gasteiger partial charge in [-0.3, -0.25) is 14.4 Å². The Labute approximate surface area is 161 Å². The molecule has 0 amide bonds. The second-order valence-corrected chi connectivity index (χ2v) is 6.05. The lowest BCUT2D eigenvalue weighted by molar-refractivity contribution is 0.885. The molecular formula is C18H19BrN4OS. The van der Waals surface area contributed by atoms with Crippen molar-refractivity contribution in [1.82, 2.24) is 14.9 Å². The van der Waals surface area contributed by atoms with Crippen molar-refractivity contribution in [2.24, 2.45) is 4.99 Å². The predicted molar refractivity (Wildman–Crippen MR) is 111 cm³/mol. The molecule has 0 fully saturated rings. The molecule has 1 heterocycles. The maximum atomic E-state index is 13.0. The maximum absolute atomic E-state index is 13.0. The first kappa shape index (κ1) is 19.2. The number of fused-ring (bicyclic) bond motifs is 1. The summed E-state index contributed by atoms with van der Waals surface area (Å²) in [6, 6.07) is 17.0. The van der Waals surface area contributed by atoms with Crippen LogP contribution < -0.4 is 10.9 Å². The first-order valence-corrected chi connectivity index (χ1v) is 8.56. The van der Waals surface area contributed by atoms with E-state index < -0.39 is 0 Å². The van der Waals surface area contributed by atoms with Gasteiger partial charge >= 0.3 is 0 Å². The molecule has 0 aliphatic carbocycles. The minimum absolute atomic E-state index is 0. The molecule has 0 spiro atoms. The van der Waals surface area contributed by atoms with Crippen molar-refractivity contribution in [2.45, 2.75) is 5.75 Å². The van der Waals surface area contributed by atoms with Crippen LogP contribution in [0.3, 0.4) is 0 Å². The molecule has 0 saturated carbocycles. The molecule has 25 heavy (non-hydrogen) atoms. The molecule has 0 saturated heterocycles. The number of halogens is 1. The Balaban J connectivity index is 0.00000225. The lowest BCUT2D eigenvalue weighted by Gasteiger charge is -2.13. The quantitative estimate of drug-likeness (QED) is 0.522. The van der Waals surface area contributed by atoms with Gasteiger partial charge in [-0.1, -0.05) is 42.1 Å². The zero-order valence-corrected chi connectivity index (χ0v) is 16.5. The average molecular weight is 419 g/mol. The number of hydrogen-bond acceptors (Lipinski definition) is 4. The Morgan fingerprint density at radius 1 is 1.16 bits per heavy atom. The van der Waals surface area contributed by atoms with Crippen LogP contribution in [0.25, 0.3) is 16.6 Å². The van der Waals surface area contributed by atoms with Crippen molar-refractivity contribution in [3.63, 3.8) is 0 Å². The Bertz CT molecular complexity index is 941. The molecule has 1 aromatic heterocycles. The number of rotatable bonds is 3. The first-order valence-electron chi connectivity index (χ1n) is 7.58. The van der Waals surface area contributed by atoms with Crippen LogP contribution in [0.15, 0.2) is 64.4 Å². The van der Waals surface area contributed by atoms with Crippen molar-refractivity contribution >= 4 is 44.8 Å². The Hall–Kier alpha value is -2.12. The summed E-state index contributed by atoms with van der Waals surface area (Å²) in [5, 5.41) is 4.45. The van der Waals surface area contributed by atoms with Crippen molar-refractivity contribution in [2.75, 3.05) is 14.1 Å². The van der Waals surface area contributed by atoms with Gasteiger partial charge in [-0.25, -0.2) is 4.98 Å². The monoisotopic (exact) mass is 418 g/mol. The fourth-order valence-corrected chi connectivity index (χ4v) is 3.23. The van der Waals surface area contributed by atoms with E-state index in [1.807, 2.05) is 61.6 Å². The highest BCUT2D eigenvalue weighted by Crippen LogP contribution is 2.17. The molecule has 0 radical (unpaired) electrons. The molecule has 2 aromatic carbocycles. The number of nitrogens with zero attached hydrogens (tertiary/aromatic N) is 3. The zero-order valence-electron chi connectivity index (χ0n) is 14.0. The molecule has 0 bridgehead atoms. The van der Waals surface area contributed by atoms with Crippen molar-refractivity contribution < 1.29 is 0 Å². The predicted octanol–water partition coefficient (Wildman–Crippen LogP) is 3.40. The molecule has 1 N–H and O–H groups in total. The molecule has 3 aromatic rings. The Morgan fingerprint density at radius 3 is 2.52 bits per heavy atom. The van der Waals surface area contributed by atoms with Gasteiger partial charge in [-0.2, -0.15) is 0 Å². The Morgan fingerprint density at radius 2 is 1.84 bits per heavy atom. The van der Waals surface area contributed by atoms with Crippen molar-refractivity contribution in [3.8, 4) is 5.69 Å². The van der Waals surface area contributed by atoms with Crippen LogP contribution in [0.4, 0.5) is 0 Å². The average Bonchev–Trinajstić information content (AvgIpc) is 2.63. The molecule has 7 heteroatoms. The summed E-state index contributed by atoms with van der Waals surface area (Å²) in [6.45, 7) is 0. The fourth-order valence-electron chi connectivity index (χ4n) is 2.50. The van der Waals surface area contributed by atoms with Crippen LogP contribution in [0.2, 0.25) is 0 Å². The van der Waals surface area contributed by atoms with Crippen LogP contribution in [0.5, 0.6) is 0 Å². The van der Waals surface area contributed by atoms with Gasteiger partial charge in [0.1, 0.15) is 5.82 Å². The molecule has 0 unspecified atom stereocenters. The number of hydrogen-bond donors (Lipinski definition) is 1. The highest BCUT2D eigenvalue weighted by Gasteiger charge is 2.13. The molecule has 3 rings (SSSR count). The highest BCUT2D eigenvalue weighted by molar-refractivity contribution is 8.93. The van der Waals surface area contributed by atoms with E-state index in [1.54, 1.807) is 11.6 Å². The van der Waals surface area contributed by atoms with Crippen LogP contribution in [-0.2, 0) is 5.75 Å². The SMILES string of the molecule is Br.CN=C(NC)SCc1nc2ccccc2c(=O)n1-c1ccccc1. The first-order chi connectivity index (χ1) is 11.7. The van der Waals surface area contributed by atoms with Gasteiger partial charge in [0, 0.05) is 14.1 Å². The number of para-hydroxylation sites is 2. The summed E-state index contributed by atoms with van der Waals surface area (Å²) < 4.78 is 1.68. The van der Waals surface area contributed by atoms with Gasteiger partial charge in [0.2, 0.25) is 0 Å². The fraction of sp³-hybridized carbons (Fsp3) is 0.167. The van der Waals surface area contributed by atoms with E-state index >= 15 is 0 Å². The van der Waals surface area contributed by atoms with E-state index in [0.717, 1.165) is 10.9 Å². The van der Waals surface area contributed by atoms with Gasteiger partial charge in [0.15, 0.2) is 5.17 Å². The molecule has 130 valence electrons. The largest absolute Gasteiger partial charge is 0.368 e. The summed E-state index contributed by atoms with van der Waals surface area (Å²) in [6.07, 6.45) is 0. The van der Waals surface area contributed by atoms with Gasteiger partial charge in [0.25, 0.3) is 5.56 Å². The highest BCUT2D eigenvalue weighted by atomic mass is 79.9. The third-order valence-corrected chi connectivity index (χ3v) is 4.68. The van der Waals surface area contributed by atoms with E-state index in [9.17, 15) is 4.79 Å². The van der Waals surface area contributed by atoms with Crippen LogP contribution >= 0.6 is 28.7 Å². The summed E-state index contributed by atoms with van der Waals surface area (Å²) >= 11 is 1.52. The normalized spacial score (nSPS) is 11.2. The third kappa shape index (κ3) is 4.11. The van der Waals surface area contributed by atoms with Crippen LogP contribution in [0, 0.1) is 0 Å². The second kappa shape index (κ2) is 8.82. The number of benzene rings is 2. The van der Waals surface area contributed by atoms with Gasteiger partial charge in [-0.05, 0) is 24.3 Å². The summed E-state index contributed by atoms with van der Waals surface area (Å²) in [7, 11) is 3.56. The lowest BCUT2D eigenvalue weighted by atomic mass is 10.2. The molecule has 5 nitrogen and oxygen atoms in total. The van der Waals surface area contributed by atoms with Gasteiger partial charge in [0.05, 0.1) is 22.3 Å². The topological polar surface area (TPSA) is 59.3 Å². The third-order valence-electron chi connectivity index (χ3n) is 3.61. The minimum Gasteiger partial charge on any atom is -0.368 e. The minimum atomic E-state index is -0.0538. The number of amidine groups is 1. The molecular weight excluding hydrogens is 400 g/mol. The van der Waals surface area contributed by atoms with E-state index in [4.69, 9.17) is 4.98 Å². The number of aromatic nitrogens is 2. The zero-order chi connectivity index (χ0) is 16.9. The van der Waals surface area contributed by atoms with Crippen molar-refractivity contribution in [1.29, 1.82) is 0 Å². The van der Waals surface area contributed by atoms with Crippen molar-refractivity contribution in [3.05, 3.63) is 70.8 Å². The summed E-state index contributed by atoms with van der Waals surface area (Å²) in [5.74, 6) is 1.24. The molecule has 0 atom stereocenters. The van der Waals surface area contributed by atoms with Crippen LogP contribution in [0.1, 0.15) is 5.82 Å². The van der Waals surface area contributed by atoms with E-state index in [0.29, 0.717) is 22.5 Å². The standard InChI is InChI=1S/C18H18N4OS.BrH/c1-19-18(20-2)24-12-16-21-15-11-7-6-10-14(15)17(23)22(16)13-8-4-3-5-9-13;/h3-11H,12H2,1-2H3,(H,19,20);1H.